The first-order valence-electron chi connectivity index (χ1n) is 3.50. The third-order valence-electron chi connectivity index (χ3n) is 1.33. The number of allylic oxidation sites excluding steroid dienone is 1. The van der Waals surface area contributed by atoms with Crippen LogP contribution in [0.1, 0.15) is 16.1 Å². The van der Waals surface area contributed by atoms with Crippen molar-refractivity contribution < 1.29 is 4.79 Å². The predicted molar refractivity (Wildman–Crippen MR) is 52.5 cm³/mol. The van der Waals surface area contributed by atoms with Gasteiger partial charge >= 0.3 is 0 Å². The SMILES string of the molecule is O=Cc1ccc(C=CCBr)cn1. The molecule has 3 heteroatoms. The first kappa shape index (κ1) is 9.13. The van der Waals surface area contributed by atoms with Gasteiger partial charge in [0.2, 0.25) is 0 Å². The van der Waals surface area contributed by atoms with Crippen LogP contribution in [-0.4, -0.2) is 16.6 Å². The zero-order valence-electron chi connectivity index (χ0n) is 6.40. The second-order valence-electron chi connectivity index (χ2n) is 2.19. The minimum absolute atomic E-state index is 0.464. The van der Waals surface area contributed by atoms with E-state index in [0.717, 1.165) is 17.2 Å². The lowest BCUT2D eigenvalue weighted by Gasteiger charge is -1.91. The Kier molecular flexibility index (Phi) is 3.67. The zero-order chi connectivity index (χ0) is 8.81. The van der Waals surface area contributed by atoms with Crippen LogP contribution < -0.4 is 0 Å². The molecule has 0 aliphatic rings. The number of rotatable bonds is 3. The van der Waals surface area contributed by atoms with Crippen LogP contribution in [-0.2, 0) is 0 Å². The summed E-state index contributed by atoms with van der Waals surface area (Å²) in [6, 6.07) is 3.55. The number of hydrogen-bond acceptors (Lipinski definition) is 2. The average molecular weight is 226 g/mol. The smallest absolute Gasteiger partial charge is 0.168 e. The van der Waals surface area contributed by atoms with Crippen molar-refractivity contribution in [3.05, 3.63) is 35.7 Å². The molecule has 0 radical (unpaired) electrons. The molecule has 0 saturated heterocycles. The van der Waals surface area contributed by atoms with Crippen molar-refractivity contribution in [1.82, 2.24) is 4.98 Å². The maximum atomic E-state index is 10.2. The number of carbonyl (C=O) groups is 1. The molecule has 0 aliphatic carbocycles. The first-order valence-corrected chi connectivity index (χ1v) is 4.62. The Hall–Kier alpha value is -0.960. The molecule has 1 aromatic rings. The number of hydrogen-bond donors (Lipinski definition) is 0. The molecule has 12 heavy (non-hydrogen) atoms. The van der Waals surface area contributed by atoms with Gasteiger partial charge in [0.15, 0.2) is 6.29 Å². The maximum Gasteiger partial charge on any atom is 0.168 e. The van der Waals surface area contributed by atoms with Crippen LogP contribution in [0.25, 0.3) is 6.08 Å². The van der Waals surface area contributed by atoms with E-state index in [0.29, 0.717) is 5.69 Å². The molecule has 1 aromatic heterocycles. The topological polar surface area (TPSA) is 30.0 Å². The van der Waals surface area contributed by atoms with Gasteiger partial charge < -0.3 is 0 Å². The van der Waals surface area contributed by atoms with Crippen molar-refractivity contribution in [3.63, 3.8) is 0 Å². The third-order valence-corrected chi connectivity index (χ3v) is 1.70. The van der Waals surface area contributed by atoms with Crippen LogP contribution in [0.2, 0.25) is 0 Å². The lowest BCUT2D eigenvalue weighted by Crippen LogP contribution is -1.85. The Labute approximate surface area is 79.5 Å². The van der Waals surface area contributed by atoms with E-state index in [2.05, 4.69) is 20.9 Å². The number of alkyl halides is 1. The minimum atomic E-state index is 0.464. The summed E-state index contributed by atoms with van der Waals surface area (Å²) in [6.07, 6.45) is 6.31. The van der Waals surface area contributed by atoms with E-state index in [4.69, 9.17) is 0 Å². The van der Waals surface area contributed by atoms with Crippen molar-refractivity contribution in [2.45, 2.75) is 0 Å². The largest absolute Gasteiger partial charge is 0.296 e. The van der Waals surface area contributed by atoms with Gasteiger partial charge in [-0.2, -0.15) is 0 Å². The highest BCUT2D eigenvalue weighted by molar-refractivity contribution is 9.09. The quantitative estimate of drug-likeness (QED) is 0.584. The average Bonchev–Trinajstić information content (AvgIpc) is 2.15. The number of carbonyl (C=O) groups excluding carboxylic acids is 1. The van der Waals surface area contributed by atoms with Gasteiger partial charge in [0.25, 0.3) is 0 Å². The van der Waals surface area contributed by atoms with Crippen molar-refractivity contribution in [1.29, 1.82) is 0 Å². The fourth-order valence-electron chi connectivity index (χ4n) is 0.766. The van der Waals surface area contributed by atoms with Gasteiger partial charge in [-0.05, 0) is 11.6 Å². The van der Waals surface area contributed by atoms with Gasteiger partial charge in [-0.25, -0.2) is 0 Å². The van der Waals surface area contributed by atoms with Crippen LogP contribution in [0.4, 0.5) is 0 Å². The van der Waals surface area contributed by atoms with Crippen LogP contribution in [0.15, 0.2) is 24.4 Å². The summed E-state index contributed by atoms with van der Waals surface area (Å²) in [7, 11) is 0. The first-order chi connectivity index (χ1) is 5.86. The van der Waals surface area contributed by atoms with Crippen molar-refractivity contribution in [2.75, 3.05) is 5.33 Å². The molecular weight excluding hydrogens is 218 g/mol. The lowest BCUT2D eigenvalue weighted by atomic mass is 10.2. The van der Waals surface area contributed by atoms with Crippen LogP contribution >= 0.6 is 15.9 Å². The van der Waals surface area contributed by atoms with E-state index < -0.39 is 0 Å². The monoisotopic (exact) mass is 225 g/mol. The van der Waals surface area contributed by atoms with E-state index in [-0.39, 0.29) is 0 Å². The summed E-state index contributed by atoms with van der Waals surface area (Å²) in [5, 5.41) is 0.822. The molecule has 0 saturated carbocycles. The highest BCUT2D eigenvalue weighted by Crippen LogP contribution is 2.01. The fourth-order valence-corrected chi connectivity index (χ4v) is 0.953. The molecule has 2 nitrogen and oxygen atoms in total. The number of nitrogens with zero attached hydrogens (tertiary/aromatic N) is 1. The Morgan fingerprint density at radius 2 is 2.33 bits per heavy atom. The Balaban J connectivity index is 2.77. The number of pyridine rings is 1. The highest BCUT2D eigenvalue weighted by Gasteiger charge is 1.89. The molecule has 0 spiro atoms. The van der Waals surface area contributed by atoms with Gasteiger partial charge in [-0.3, -0.25) is 9.78 Å². The Morgan fingerprint density at radius 3 is 2.83 bits per heavy atom. The van der Waals surface area contributed by atoms with Crippen LogP contribution in [0, 0.1) is 0 Å². The maximum absolute atomic E-state index is 10.2. The minimum Gasteiger partial charge on any atom is -0.296 e. The van der Waals surface area contributed by atoms with Gasteiger partial charge in [-0.1, -0.05) is 34.1 Å². The normalized spacial score (nSPS) is 10.4. The number of aromatic nitrogens is 1. The van der Waals surface area contributed by atoms with E-state index in [1.54, 1.807) is 12.3 Å². The van der Waals surface area contributed by atoms with Crippen molar-refractivity contribution in [3.8, 4) is 0 Å². The molecule has 0 aromatic carbocycles. The van der Waals surface area contributed by atoms with Gasteiger partial charge in [-0.15, -0.1) is 0 Å². The molecule has 0 aliphatic heterocycles. The zero-order valence-corrected chi connectivity index (χ0v) is 7.99. The fraction of sp³-hybridized carbons (Fsp3) is 0.111. The molecule has 1 heterocycles. The molecule has 0 amide bonds. The lowest BCUT2D eigenvalue weighted by molar-refractivity contribution is 0.111. The van der Waals surface area contributed by atoms with Crippen molar-refractivity contribution >= 4 is 28.3 Å². The van der Waals surface area contributed by atoms with Crippen molar-refractivity contribution in [2.24, 2.45) is 0 Å². The molecule has 0 atom stereocenters. The molecule has 0 fully saturated rings. The second kappa shape index (κ2) is 4.83. The van der Waals surface area contributed by atoms with Crippen LogP contribution in [0.5, 0.6) is 0 Å². The summed E-state index contributed by atoms with van der Waals surface area (Å²) in [4.78, 5) is 14.2. The number of aldehydes is 1. The van der Waals surface area contributed by atoms with E-state index in [1.165, 1.54) is 0 Å². The van der Waals surface area contributed by atoms with Gasteiger partial charge in [0, 0.05) is 11.5 Å². The number of halogens is 1. The Morgan fingerprint density at radius 1 is 1.50 bits per heavy atom. The van der Waals surface area contributed by atoms with Gasteiger partial charge in [0.05, 0.1) is 0 Å². The molecule has 62 valence electrons. The van der Waals surface area contributed by atoms with Crippen LogP contribution in [0.3, 0.4) is 0 Å². The van der Waals surface area contributed by atoms with E-state index in [9.17, 15) is 4.79 Å². The second-order valence-corrected chi connectivity index (χ2v) is 2.84. The summed E-state index contributed by atoms with van der Waals surface area (Å²) < 4.78 is 0. The summed E-state index contributed by atoms with van der Waals surface area (Å²) >= 11 is 3.27. The summed E-state index contributed by atoms with van der Waals surface area (Å²) in [6.45, 7) is 0. The summed E-state index contributed by atoms with van der Waals surface area (Å²) in [5.41, 5.74) is 1.46. The molecule has 0 N–H and O–H groups in total. The molecular formula is C9H8BrNO. The van der Waals surface area contributed by atoms with E-state index in [1.807, 2.05) is 18.2 Å². The standard InChI is InChI=1S/C9H8BrNO/c10-5-1-2-8-3-4-9(7-12)11-6-8/h1-4,6-7H,5H2. The van der Waals surface area contributed by atoms with Gasteiger partial charge in [0.1, 0.15) is 5.69 Å². The van der Waals surface area contributed by atoms with E-state index >= 15 is 0 Å². The molecule has 0 unspecified atom stereocenters. The predicted octanol–water partition coefficient (Wildman–Crippen LogP) is 2.30. The highest BCUT2D eigenvalue weighted by atomic mass is 79.9. The molecule has 0 bridgehead atoms. The summed E-state index contributed by atoms with van der Waals surface area (Å²) in [5.74, 6) is 0. The third kappa shape index (κ3) is 2.58. The molecule has 1 rings (SSSR count). The Bertz CT molecular complexity index is 279.